The molecule has 0 radical (unpaired) electrons. The summed E-state index contributed by atoms with van der Waals surface area (Å²) in [7, 11) is 0. The number of esters is 2. The summed E-state index contributed by atoms with van der Waals surface area (Å²) in [6, 6.07) is 2.89. The van der Waals surface area contributed by atoms with Gasteiger partial charge in [-0.3, -0.25) is 9.59 Å². The number of carbonyl (C=O) groups is 2. The number of aromatic hydroxyl groups is 1. The Bertz CT molecular complexity index is 482. The van der Waals surface area contributed by atoms with Crippen molar-refractivity contribution in [1.82, 2.24) is 0 Å². The third-order valence-corrected chi connectivity index (χ3v) is 3.06. The van der Waals surface area contributed by atoms with Crippen LogP contribution in [0.1, 0.15) is 24.3 Å². The third-order valence-electron chi connectivity index (χ3n) is 2.55. The van der Waals surface area contributed by atoms with Crippen LogP contribution in [0.15, 0.2) is 12.1 Å². The van der Waals surface area contributed by atoms with E-state index in [9.17, 15) is 14.7 Å². The van der Waals surface area contributed by atoms with E-state index in [1.165, 1.54) is 12.1 Å². The lowest BCUT2D eigenvalue weighted by atomic mass is 9.90. The molecule has 1 N–H and O–H groups in total. The largest absolute Gasteiger partial charge is 0.506 e. The number of phenolic OH excluding ortho intramolecular Hbond substituents is 1. The fraction of sp³-hybridized carbons (Fsp3) is 0.273. The molecule has 0 spiro atoms. The summed E-state index contributed by atoms with van der Waals surface area (Å²) in [5.74, 6) is -1.81. The van der Waals surface area contributed by atoms with Crippen LogP contribution in [-0.2, 0) is 14.3 Å². The van der Waals surface area contributed by atoms with E-state index < -0.39 is 17.9 Å². The highest BCUT2D eigenvalue weighted by Gasteiger charge is 2.30. The molecule has 90 valence electrons. The molecular weight excluding hydrogens is 267 g/mol. The molecule has 0 aliphatic carbocycles. The second-order valence-corrected chi connectivity index (χ2v) is 4.62. The van der Waals surface area contributed by atoms with Crippen molar-refractivity contribution < 1.29 is 19.4 Å². The standard InChI is InChI=1S/C11H8Cl2O4/c12-6-3-7(11(16)8(13)4-6)5-1-9(14)17-10(15)2-5/h3-5,16H,1-2H2. The fourth-order valence-electron chi connectivity index (χ4n) is 1.80. The first kappa shape index (κ1) is 12.2. The van der Waals surface area contributed by atoms with Gasteiger partial charge in [0.1, 0.15) is 5.75 Å². The average Bonchev–Trinajstić information content (AvgIpc) is 2.22. The van der Waals surface area contributed by atoms with Gasteiger partial charge in [-0.05, 0) is 12.1 Å². The maximum Gasteiger partial charge on any atom is 0.314 e. The number of cyclic esters (lactones) is 2. The van der Waals surface area contributed by atoms with Gasteiger partial charge in [-0.1, -0.05) is 23.2 Å². The number of rotatable bonds is 1. The van der Waals surface area contributed by atoms with Crippen LogP contribution in [-0.4, -0.2) is 17.0 Å². The van der Waals surface area contributed by atoms with E-state index in [2.05, 4.69) is 4.74 Å². The molecule has 1 aliphatic rings. The SMILES string of the molecule is O=C1CC(c2cc(Cl)cc(Cl)c2O)CC(=O)O1. The molecule has 1 saturated heterocycles. The van der Waals surface area contributed by atoms with Crippen molar-refractivity contribution in [3.05, 3.63) is 27.7 Å². The second kappa shape index (κ2) is 4.55. The highest BCUT2D eigenvalue weighted by Crippen LogP contribution is 2.39. The predicted molar refractivity (Wildman–Crippen MR) is 61.2 cm³/mol. The summed E-state index contributed by atoms with van der Waals surface area (Å²) in [5, 5.41) is 10.2. The Balaban J connectivity index is 2.39. The van der Waals surface area contributed by atoms with Crippen molar-refractivity contribution >= 4 is 35.1 Å². The molecule has 1 fully saturated rings. The van der Waals surface area contributed by atoms with Gasteiger partial charge in [0.2, 0.25) is 0 Å². The number of hydrogen-bond acceptors (Lipinski definition) is 4. The molecule has 0 amide bonds. The molecule has 0 bridgehead atoms. The van der Waals surface area contributed by atoms with Gasteiger partial charge in [-0.15, -0.1) is 0 Å². The Labute approximate surface area is 107 Å². The minimum Gasteiger partial charge on any atom is -0.506 e. The molecule has 1 aliphatic heterocycles. The summed E-state index contributed by atoms with van der Waals surface area (Å²) in [6.45, 7) is 0. The zero-order chi connectivity index (χ0) is 12.6. The minimum absolute atomic E-state index is 0.0238. The lowest BCUT2D eigenvalue weighted by molar-refractivity contribution is -0.163. The normalized spacial score (nSPS) is 17.1. The molecule has 1 aromatic rings. The van der Waals surface area contributed by atoms with Crippen LogP contribution in [0.5, 0.6) is 5.75 Å². The first-order valence-corrected chi connectivity index (χ1v) is 5.64. The molecule has 0 atom stereocenters. The van der Waals surface area contributed by atoms with Gasteiger partial charge in [-0.2, -0.15) is 0 Å². The highest BCUT2D eigenvalue weighted by atomic mass is 35.5. The maximum absolute atomic E-state index is 11.1. The van der Waals surface area contributed by atoms with Gasteiger partial charge >= 0.3 is 11.9 Å². The summed E-state index contributed by atoms with van der Waals surface area (Å²) >= 11 is 11.6. The van der Waals surface area contributed by atoms with Gasteiger partial charge in [-0.25, -0.2) is 0 Å². The Hall–Kier alpha value is -1.26. The van der Waals surface area contributed by atoms with Crippen LogP contribution in [0, 0.1) is 0 Å². The average molecular weight is 275 g/mol. The van der Waals surface area contributed by atoms with Gasteiger partial charge in [0, 0.05) is 16.5 Å². The number of hydrogen-bond donors (Lipinski definition) is 1. The van der Waals surface area contributed by atoms with E-state index in [4.69, 9.17) is 23.2 Å². The van der Waals surface area contributed by atoms with Crippen LogP contribution >= 0.6 is 23.2 Å². The van der Waals surface area contributed by atoms with Crippen LogP contribution in [0.25, 0.3) is 0 Å². The van der Waals surface area contributed by atoms with Crippen molar-refractivity contribution in [1.29, 1.82) is 0 Å². The number of ether oxygens (including phenoxy) is 1. The summed E-state index contributed by atoms with van der Waals surface area (Å²) in [5.41, 5.74) is 0.396. The van der Waals surface area contributed by atoms with Gasteiger partial charge in [0.25, 0.3) is 0 Å². The zero-order valence-electron chi connectivity index (χ0n) is 8.57. The van der Waals surface area contributed by atoms with E-state index in [-0.39, 0.29) is 23.6 Å². The van der Waals surface area contributed by atoms with Gasteiger partial charge in [0.15, 0.2) is 0 Å². The molecule has 0 saturated carbocycles. The van der Waals surface area contributed by atoms with E-state index in [1.807, 2.05) is 0 Å². The number of phenols is 1. The first-order valence-electron chi connectivity index (χ1n) is 4.89. The number of carbonyl (C=O) groups excluding carboxylic acids is 2. The second-order valence-electron chi connectivity index (χ2n) is 3.78. The number of halogens is 2. The van der Waals surface area contributed by atoms with Crippen molar-refractivity contribution in [3.63, 3.8) is 0 Å². The molecule has 0 unspecified atom stereocenters. The molecular formula is C11H8Cl2O4. The van der Waals surface area contributed by atoms with Crippen LogP contribution in [0.4, 0.5) is 0 Å². The predicted octanol–water partition coefficient (Wildman–Crippen LogP) is 2.65. The molecule has 1 heterocycles. The molecule has 1 aromatic carbocycles. The Morgan fingerprint density at radius 3 is 2.35 bits per heavy atom. The Kier molecular flexibility index (Phi) is 3.26. The van der Waals surface area contributed by atoms with Crippen molar-refractivity contribution in [2.45, 2.75) is 18.8 Å². The third kappa shape index (κ3) is 2.53. The molecule has 2 rings (SSSR count). The smallest absolute Gasteiger partial charge is 0.314 e. The van der Waals surface area contributed by atoms with Crippen LogP contribution in [0.2, 0.25) is 10.0 Å². The topological polar surface area (TPSA) is 63.6 Å². The van der Waals surface area contributed by atoms with Crippen LogP contribution < -0.4 is 0 Å². The van der Waals surface area contributed by atoms with Gasteiger partial charge in [0.05, 0.1) is 17.9 Å². The monoisotopic (exact) mass is 274 g/mol. The van der Waals surface area contributed by atoms with Crippen LogP contribution in [0.3, 0.4) is 0 Å². The summed E-state index contributed by atoms with van der Waals surface area (Å²) in [6.07, 6.45) is 0.0476. The minimum atomic E-state index is -0.609. The lowest BCUT2D eigenvalue weighted by Gasteiger charge is -2.21. The van der Waals surface area contributed by atoms with Gasteiger partial charge < -0.3 is 9.84 Å². The zero-order valence-corrected chi connectivity index (χ0v) is 10.1. The maximum atomic E-state index is 11.1. The van der Waals surface area contributed by atoms with Crippen molar-refractivity contribution in [3.8, 4) is 5.75 Å². The van der Waals surface area contributed by atoms with E-state index in [1.54, 1.807) is 0 Å². The first-order chi connectivity index (χ1) is 7.97. The highest BCUT2D eigenvalue weighted by molar-refractivity contribution is 6.35. The van der Waals surface area contributed by atoms with E-state index in [0.29, 0.717) is 10.6 Å². The Morgan fingerprint density at radius 2 is 1.76 bits per heavy atom. The summed E-state index contributed by atoms with van der Waals surface area (Å²) < 4.78 is 4.41. The number of benzene rings is 1. The van der Waals surface area contributed by atoms with E-state index >= 15 is 0 Å². The molecule has 17 heavy (non-hydrogen) atoms. The quantitative estimate of drug-likeness (QED) is 0.632. The molecule has 6 heteroatoms. The fourth-order valence-corrected chi connectivity index (χ4v) is 2.31. The Morgan fingerprint density at radius 1 is 1.18 bits per heavy atom. The lowest BCUT2D eigenvalue weighted by Crippen LogP contribution is -2.24. The van der Waals surface area contributed by atoms with E-state index in [0.717, 1.165) is 0 Å². The molecule has 4 nitrogen and oxygen atoms in total. The van der Waals surface area contributed by atoms with Crippen molar-refractivity contribution in [2.24, 2.45) is 0 Å². The molecule has 0 aromatic heterocycles. The van der Waals surface area contributed by atoms with Crippen molar-refractivity contribution in [2.75, 3.05) is 0 Å². The summed E-state index contributed by atoms with van der Waals surface area (Å²) in [4.78, 5) is 22.3.